The molecule has 2 saturated carbocycles. The summed E-state index contributed by atoms with van der Waals surface area (Å²) in [6, 6.07) is 3.11. The van der Waals surface area contributed by atoms with E-state index in [1.807, 2.05) is 0 Å². The Hall–Kier alpha value is -0.590. The molecule has 2 aliphatic carbocycles. The van der Waals surface area contributed by atoms with Crippen molar-refractivity contribution in [3.05, 3.63) is 0 Å². The van der Waals surface area contributed by atoms with Crippen molar-refractivity contribution in [3.63, 3.8) is 0 Å². The minimum absolute atomic E-state index is 0.295. The van der Waals surface area contributed by atoms with Crippen LogP contribution in [0.1, 0.15) is 51.9 Å². The van der Waals surface area contributed by atoms with Gasteiger partial charge in [-0.1, -0.05) is 6.42 Å². The van der Waals surface area contributed by atoms with Gasteiger partial charge in [-0.25, -0.2) is 0 Å². The summed E-state index contributed by atoms with van der Waals surface area (Å²) in [6.07, 6.45) is 9.04. The lowest BCUT2D eigenvalue weighted by atomic mass is 9.97. The van der Waals surface area contributed by atoms with Crippen LogP contribution in [0.25, 0.3) is 0 Å². The maximum absolute atomic E-state index is 9.36. The Bertz CT molecular complexity index is 345. The van der Waals surface area contributed by atoms with Gasteiger partial charge in [0, 0.05) is 19.1 Å². The third-order valence-corrected chi connectivity index (χ3v) is 5.30. The fraction of sp³-hybridized carbons (Fsp3) is 0.938. The molecule has 0 radical (unpaired) electrons. The molecule has 1 aliphatic heterocycles. The van der Waals surface area contributed by atoms with Gasteiger partial charge in [-0.15, -0.1) is 0 Å². The Morgan fingerprint density at radius 3 is 2.47 bits per heavy atom. The molecule has 19 heavy (non-hydrogen) atoms. The highest BCUT2D eigenvalue weighted by molar-refractivity contribution is 5.07. The van der Waals surface area contributed by atoms with Gasteiger partial charge in [-0.2, -0.15) is 5.26 Å². The lowest BCUT2D eigenvalue weighted by Gasteiger charge is -2.25. The number of hydrogen-bond acceptors (Lipinski definition) is 3. The third kappa shape index (κ3) is 3.30. The van der Waals surface area contributed by atoms with Gasteiger partial charge in [-0.3, -0.25) is 5.32 Å². The van der Waals surface area contributed by atoms with E-state index in [0.717, 1.165) is 24.7 Å². The second-order valence-electron chi connectivity index (χ2n) is 7.18. The van der Waals surface area contributed by atoms with E-state index in [4.69, 9.17) is 0 Å². The molecule has 0 bridgehead atoms. The summed E-state index contributed by atoms with van der Waals surface area (Å²) in [5.74, 6) is 1.99. The standard InChI is InChI=1S/C16H27N3/c1-16(12-17,18-15-6-7-15)8-3-9-19-10-13-4-2-5-14(13)11-19/h13-15,18H,2-11H2,1H3. The van der Waals surface area contributed by atoms with Crippen molar-refractivity contribution in [2.45, 2.75) is 63.5 Å². The average molecular weight is 261 g/mol. The van der Waals surface area contributed by atoms with Crippen molar-refractivity contribution in [1.82, 2.24) is 10.2 Å². The normalized spacial score (nSPS) is 33.9. The van der Waals surface area contributed by atoms with Crippen LogP contribution in [0.2, 0.25) is 0 Å². The number of hydrogen-bond donors (Lipinski definition) is 1. The Balaban J connectivity index is 1.39. The van der Waals surface area contributed by atoms with Gasteiger partial charge in [-0.05, 0) is 63.8 Å². The molecule has 3 heteroatoms. The van der Waals surface area contributed by atoms with Crippen LogP contribution < -0.4 is 5.32 Å². The minimum atomic E-state index is -0.295. The average Bonchev–Trinajstić information content (AvgIpc) is 2.93. The Kier molecular flexibility index (Phi) is 3.82. The first-order valence-corrected chi connectivity index (χ1v) is 8.10. The molecule has 3 fully saturated rings. The van der Waals surface area contributed by atoms with E-state index in [-0.39, 0.29) is 5.54 Å². The summed E-state index contributed by atoms with van der Waals surface area (Å²) in [4.78, 5) is 2.64. The first-order chi connectivity index (χ1) is 9.18. The predicted octanol–water partition coefficient (Wildman–Crippen LogP) is 2.53. The number of nitriles is 1. The predicted molar refractivity (Wildman–Crippen MR) is 76.7 cm³/mol. The Labute approximate surface area is 117 Å². The minimum Gasteiger partial charge on any atom is -0.303 e. The van der Waals surface area contributed by atoms with Crippen LogP contribution in [-0.4, -0.2) is 36.1 Å². The zero-order valence-electron chi connectivity index (χ0n) is 12.2. The molecule has 3 atom stereocenters. The van der Waals surface area contributed by atoms with E-state index in [9.17, 15) is 5.26 Å². The van der Waals surface area contributed by atoms with Crippen molar-refractivity contribution in [1.29, 1.82) is 5.26 Å². The zero-order chi connectivity index (χ0) is 13.3. The first-order valence-electron chi connectivity index (χ1n) is 8.10. The van der Waals surface area contributed by atoms with Crippen LogP contribution in [0.3, 0.4) is 0 Å². The summed E-state index contributed by atoms with van der Waals surface area (Å²) < 4.78 is 0. The summed E-state index contributed by atoms with van der Waals surface area (Å²) in [6.45, 7) is 5.91. The largest absolute Gasteiger partial charge is 0.303 e. The van der Waals surface area contributed by atoms with Gasteiger partial charge in [0.15, 0.2) is 0 Å². The highest BCUT2D eigenvalue weighted by atomic mass is 15.2. The van der Waals surface area contributed by atoms with E-state index >= 15 is 0 Å². The van der Waals surface area contributed by atoms with Crippen molar-refractivity contribution in [2.75, 3.05) is 19.6 Å². The van der Waals surface area contributed by atoms with Gasteiger partial charge in [0.1, 0.15) is 5.54 Å². The number of fused-ring (bicyclic) bond motifs is 1. The van der Waals surface area contributed by atoms with Gasteiger partial charge in [0.25, 0.3) is 0 Å². The highest BCUT2D eigenvalue weighted by Crippen LogP contribution is 2.37. The smallest absolute Gasteiger partial charge is 0.104 e. The van der Waals surface area contributed by atoms with E-state index < -0.39 is 0 Å². The van der Waals surface area contributed by atoms with Crippen LogP contribution in [0.4, 0.5) is 0 Å². The molecular formula is C16H27N3. The van der Waals surface area contributed by atoms with Crippen LogP contribution in [0.5, 0.6) is 0 Å². The lowest BCUT2D eigenvalue weighted by Crippen LogP contribution is -2.42. The zero-order valence-corrected chi connectivity index (χ0v) is 12.2. The summed E-state index contributed by atoms with van der Waals surface area (Å²) in [5, 5.41) is 12.9. The Morgan fingerprint density at radius 1 is 1.21 bits per heavy atom. The van der Waals surface area contributed by atoms with Crippen molar-refractivity contribution < 1.29 is 0 Å². The molecule has 1 saturated heterocycles. The molecule has 3 unspecified atom stereocenters. The maximum atomic E-state index is 9.36. The quantitative estimate of drug-likeness (QED) is 0.798. The summed E-state index contributed by atoms with van der Waals surface area (Å²) in [7, 11) is 0. The van der Waals surface area contributed by atoms with Crippen LogP contribution >= 0.6 is 0 Å². The second kappa shape index (κ2) is 5.42. The summed E-state index contributed by atoms with van der Waals surface area (Å²) in [5.41, 5.74) is -0.295. The monoisotopic (exact) mass is 261 g/mol. The number of likely N-dealkylation sites (tertiary alicyclic amines) is 1. The molecule has 0 aromatic carbocycles. The molecule has 0 spiro atoms. The second-order valence-corrected chi connectivity index (χ2v) is 7.18. The van der Waals surface area contributed by atoms with E-state index in [1.54, 1.807) is 0 Å². The van der Waals surface area contributed by atoms with Crippen molar-refractivity contribution in [2.24, 2.45) is 11.8 Å². The molecule has 3 nitrogen and oxygen atoms in total. The molecule has 0 aromatic rings. The molecule has 106 valence electrons. The first kappa shape index (κ1) is 13.4. The van der Waals surface area contributed by atoms with E-state index in [1.165, 1.54) is 51.7 Å². The SMILES string of the molecule is CC(C#N)(CCCN1CC2CCCC2C1)NC1CC1. The molecule has 0 amide bonds. The van der Waals surface area contributed by atoms with Gasteiger partial charge < -0.3 is 4.90 Å². The van der Waals surface area contributed by atoms with Crippen molar-refractivity contribution in [3.8, 4) is 6.07 Å². The summed E-state index contributed by atoms with van der Waals surface area (Å²) >= 11 is 0. The highest BCUT2D eigenvalue weighted by Gasteiger charge is 2.36. The number of rotatable bonds is 6. The van der Waals surface area contributed by atoms with Crippen LogP contribution in [-0.2, 0) is 0 Å². The van der Waals surface area contributed by atoms with Crippen LogP contribution in [0.15, 0.2) is 0 Å². The lowest BCUT2D eigenvalue weighted by molar-refractivity contribution is 0.287. The molecule has 3 rings (SSSR count). The fourth-order valence-electron chi connectivity index (χ4n) is 4.01. The molecule has 3 aliphatic rings. The molecule has 1 N–H and O–H groups in total. The Morgan fingerprint density at radius 2 is 1.89 bits per heavy atom. The van der Waals surface area contributed by atoms with Gasteiger partial charge in [0.2, 0.25) is 0 Å². The van der Waals surface area contributed by atoms with E-state index in [0.29, 0.717) is 6.04 Å². The van der Waals surface area contributed by atoms with Gasteiger partial charge >= 0.3 is 0 Å². The third-order valence-electron chi connectivity index (χ3n) is 5.30. The number of nitrogens with one attached hydrogen (secondary N) is 1. The topological polar surface area (TPSA) is 39.1 Å². The van der Waals surface area contributed by atoms with Crippen LogP contribution in [0, 0.1) is 23.2 Å². The van der Waals surface area contributed by atoms with Gasteiger partial charge in [0.05, 0.1) is 6.07 Å². The fourth-order valence-corrected chi connectivity index (χ4v) is 4.01. The molecule has 0 aromatic heterocycles. The molecular weight excluding hydrogens is 234 g/mol. The maximum Gasteiger partial charge on any atom is 0.104 e. The van der Waals surface area contributed by atoms with Crippen molar-refractivity contribution >= 4 is 0 Å². The number of nitrogens with zero attached hydrogens (tertiary/aromatic N) is 2. The molecule has 1 heterocycles. The van der Waals surface area contributed by atoms with E-state index in [2.05, 4.69) is 23.2 Å².